The Morgan fingerprint density at radius 3 is 2.57 bits per heavy atom. The molecule has 1 atom stereocenters. The Labute approximate surface area is 54.1 Å². The van der Waals surface area contributed by atoms with Crippen LogP contribution >= 0.6 is 25.3 Å². The Hall–Kier alpha value is 0.180. The highest BCUT2D eigenvalue weighted by atomic mass is 32.1. The van der Waals surface area contributed by atoms with Crippen molar-refractivity contribution in [1.82, 2.24) is 0 Å². The van der Waals surface area contributed by atoms with Gasteiger partial charge in [0.15, 0.2) is 0 Å². The van der Waals surface area contributed by atoms with Gasteiger partial charge >= 0.3 is 0 Å². The van der Waals surface area contributed by atoms with Crippen molar-refractivity contribution in [2.45, 2.75) is 5.25 Å². The first-order valence-corrected chi connectivity index (χ1v) is 2.94. The van der Waals surface area contributed by atoms with E-state index in [9.17, 15) is 0 Å². The molecule has 0 nitrogen and oxygen atoms in total. The molecule has 0 saturated heterocycles. The molecule has 1 aliphatic carbocycles. The van der Waals surface area contributed by atoms with Crippen molar-refractivity contribution < 1.29 is 0 Å². The lowest BCUT2D eigenvalue weighted by Crippen LogP contribution is -1.85. The second-order valence-electron chi connectivity index (χ2n) is 1.33. The number of hydrogen-bond acceptors (Lipinski definition) is 2. The molecular formula is C5H5S2. The van der Waals surface area contributed by atoms with Crippen LogP contribution in [0.5, 0.6) is 0 Å². The lowest BCUT2D eigenvalue weighted by molar-refractivity contribution is 1.46. The molecule has 37 valence electrons. The van der Waals surface area contributed by atoms with Crippen LogP contribution in [0.1, 0.15) is 0 Å². The summed E-state index contributed by atoms with van der Waals surface area (Å²) < 4.78 is 0. The summed E-state index contributed by atoms with van der Waals surface area (Å²) in [4.78, 5) is 0.906. The summed E-state index contributed by atoms with van der Waals surface area (Å²) in [5, 5.41) is 0.198. The van der Waals surface area contributed by atoms with Gasteiger partial charge < -0.3 is 0 Å². The van der Waals surface area contributed by atoms with E-state index in [-0.39, 0.29) is 5.25 Å². The molecule has 0 spiro atoms. The zero-order chi connectivity index (χ0) is 5.28. The predicted octanol–water partition coefficient (Wildman–Crippen LogP) is 1.47. The summed E-state index contributed by atoms with van der Waals surface area (Å²) in [6.45, 7) is 0. The third-order valence-corrected chi connectivity index (χ3v) is 1.83. The quantitative estimate of drug-likeness (QED) is 0.455. The standard InChI is InChI=1S/C5H5S2/c6-4-2-1-3-5(4)7/h1-2,4,6-7H. The zero-order valence-corrected chi connectivity index (χ0v) is 5.42. The van der Waals surface area contributed by atoms with E-state index in [4.69, 9.17) is 0 Å². The largest absolute Gasteiger partial charge is 0.166 e. The fourth-order valence-electron chi connectivity index (χ4n) is 0.401. The summed E-state index contributed by atoms with van der Waals surface area (Å²) >= 11 is 8.18. The Morgan fingerprint density at radius 2 is 2.43 bits per heavy atom. The molecule has 1 rings (SSSR count). The van der Waals surface area contributed by atoms with Gasteiger partial charge in [-0.05, 0) is 6.08 Å². The van der Waals surface area contributed by atoms with Crippen molar-refractivity contribution in [3.8, 4) is 0 Å². The molecule has 0 aliphatic heterocycles. The van der Waals surface area contributed by atoms with Gasteiger partial charge in [-0.2, -0.15) is 12.6 Å². The number of hydrogen-bond donors (Lipinski definition) is 2. The molecule has 7 heavy (non-hydrogen) atoms. The molecule has 0 amide bonds. The number of allylic oxidation sites excluding steroid dienone is 2. The number of thiol groups is 2. The monoisotopic (exact) mass is 129 g/mol. The van der Waals surface area contributed by atoms with E-state index < -0.39 is 0 Å². The van der Waals surface area contributed by atoms with Crippen molar-refractivity contribution in [3.05, 3.63) is 23.1 Å². The molecule has 2 heteroatoms. The average molecular weight is 129 g/mol. The maximum absolute atomic E-state index is 4.12. The van der Waals surface area contributed by atoms with Crippen LogP contribution in [0.4, 0.5) is 0 Å². The fraction of sp³-hybridized carbons (Fsp3) is 0.200. The molecular weight excluding hydrogens is 124 g/mol. The van der Waals surface area contributed by atoms with Crippen LogP contribution in [0.25, 0.3) is 0 Å². The molecule has 1 radical (unpaired) electrons. The van der Waals surface area contributed by atoms with Gasteiger partial charge in [0.25, 0.3) is 0 Å². The van der Waals surface area contributed by atoms with E-state index in [1.807, 2.05) is 12.2 Å². The van der Waals surface area contributed by atoms with Gasteiger partial charge in [-0.25, -0.2) is 0 Å². The van der Waals surface area contributed by atoms with Crippen LogP contribution in [-0.2, 0) is 0 Å². The first-order chi connectivity index (χ1) is 3.30. The predicted molar refractivity (Wildman–Crippen MR) is 37.7 cm³/mol. The van der Waals surface area contributed by atoms with Gasteiger partial charge in [0.2, 0.25) is 0 Å². The maximum Gasteiger partial charge on any atom is 0.0513 e. The minimum atomic E-state index is 0.198. The van der Waals surface area contributed by atoms with E-state index in [0.717, 1.165) is 4.91 Å². The van der Waals surface area contributed by atoms with Crippen LogP contribution in [0.2, 0.25) is 0 Å². The maximum atomic E-state index is 4.12. The van der Waals surface area contributed by atoms with Gasteiger partial charge in [0.05, 0.1) is 5.25 Å². The van der Waals surface area contributed by atoms with E-state index in [2.05, 4.69) is 31.3 Å². The van der Waals surface area contributed by atoms with Crippen LogP contribution in [-0.4, -0.2) is 5.25 Å². The van der Waals surface area contributed by atoms with Gasteiger partial charge in [-0.15, -0.1) is 12.6 Å². The van der Waals surface area contributed by atoms with E-state index in [1.165, 1.54) is 0 Å². The molecule has 0 aromatic carbocycles. The molecule has 0 aromatic heterocycles. The van der Waals surface area contributed by atoms with Crippen LogP contribution in [0.3, 0.4) is 0 Å². The Morgan fingerprint density at radius 1 is 1.71 bits per heavy atom. The summed E-state index contributed by atoms with van der Waals surface area (Å²) in [6, 6.07) is 0. The summed E-state index contributed by atoms with van der Waals surface area (Å²) in [5.41, 5.74) is 0. The minimum Gasteiger partial charge on any atom is -0.166 e. The summed E-state index contributed by atoms with van der Waals surface area (Å²) in [5.74, 6) is 0. The molecule has 1 aliphatic rings. The topological polar surface area (TPSA) is 0 Å². The molecule has 0 bridgehead atoms. The number of rotatable bonds is 0. The summed E-state index contributed by atoms with van der Waals surface area (Å²) in [7, 11) is 0. The second-order valence-corrected chi connectivity index (χ2v) is 2.37. The zero-order valence-electron chi connectivity index (χ0n) is 3.63. The van der Waals surface area contributed by atoms with Crippen molar-refractivity contribution in [2.75, 3.05) is 0 Å². The third kappa shape index (κ3) is 1.04. The van der Waals surface area contributed by atoms with Gasteiger partial charge in [0.1, 0.15) is 0 Å². The van der Waals surface area contributed by atoms with Gasteiger partial charge in [0, 0.05) is 4.91 Å². The second kappa shape index (κ2) is 1.97. The Bertz CT molecular complexity index is 124. The molecule has 0 aromatic rings. The third-order valence-electron chi connectivity index (χ3n) is 0.790. The van der Waals surface area contributed by atoms with Crippen LogP contribution < -0.4 is 0 Å². The van der Waals surface area contributed by atoms with E-state index >= 15 is 0 Å². The van der Waals surface area contributed by atoms with E-state index in [0.29, 0.717) is 0 Å². The lowest BCUT2D eigenvalue weighted by Gasteiger charge is -1.94. The molecule has 1 unspecified atom stereocenters. The van der Waals surface area contributed by atoms with Gasteiger partial charge in [-0.1, -0.05) is 12.2 Å². The Balaban J connectivity index is 2.69. The Kier molecular flexibility index (Phi) is 1.50. The highest BCUT2D eigenvalue weighted by Crippen LogP contribution is 2.18. The molecule has 0 N–H and O–H groups in total. The van der Waals surface area contributed by atoms with E-state index in [1.54, 1.807) is 0 Å². The molecule has 0 fully saturated rings. The fourth-order valence-corrected chi connectivity index (χ4v) is 0.722. The van der Waals surface area contributed by atoms with Crippen LogP contribution in [0, 0.1) is 6.08 Å². The normalized spacial score (nSPS) is 28.3. The van der Waals surface area contributed by atoms with Crippen molar-refractivity contribution in [2.24, 2.45) is 0 Å². The molecule has 0 heterocycles. The smallest absolute Gasteiger partial charge is 0.0513 e. The first-order valence-electron chi connectivity index (χ1n) is 1.98. The van der Waals surface area contributed by atoms with Crippen LogP contribution in [0.15, 0.2) is 17.1 Å². The van der Waals surface area contributed by atoms with Gasteiger partial charge in [-0.3, -0.25) is 0 Å². The molecule has 0 saturated carbocycles. The summed E-state index contributed by atoms with van der Waals surface area (Å²) in [6.07, 6.45) is 6.66. The minimum absolute atomic E-state index is 0.198. The first kappa shape index (κ1) is 5.32. The highest BCUT2D eigenvalue weighted by molar-refractivity contribution is 7.88. The SMILES string of the molecule is SC1=[C]C=CC1S. The van der Waals surface area contributed by atoms with Crippen molar-refractivity contribution >= 4 is 25.3 Å². The highest BCUT2D eigenvalue weighted by Gasteiger charge is 2.03. The average Bonchev–Trinajstić information content (AvgIpc) is 1.91. The van der Waals surface area contributed by atoms with Crippen molar-refractivity contribution in [3.63, 3.8) is 0 Å². The van der Waals surface area contributed by atoms with Crippen molar-refractivity contribution in [1.29, 1.82) is 0 Å². The lowest BCUT2D eigenvalue weighted by atomic mass is 10.5.